The fourth-order valence-corrected chi connectivity index (χ4v) is 3.05. The van der Waals surface area contributed by atoms with Gasteiger partial charge in [-0.25, -0.2) is 0 Å². The Morgan fingerprint density at radius 3 is 2.68 bits per heavy atom. The summed E-state index contributed by atoms with van der Waals surface area (Å²) < 4.78 is 0. The zero-order valence-corrected chi connectivity index (χ0v) is 12.4. The van der Waals surface area contributed by atoms with Gasteiger partial charge in [-0.2, -0.15) is 0 Å². The number of alkyl halides is 1. The van der Waals surface area contributed by atoms with Crippen LogP contribution in [0, 0.1) is 0 Å². The third-order valence-corrected chi connectivity index (χ3v) is 3.84. The van der Waals surface area contributed by atoms with E-state index in [0.29, 0.717) is 11.4 Å². The Labute approximate surface area is 121 Å². The third-order valence-electron chi connectivity index (χ3n) is 3.47. The van der Waals surface area contributed by atoms with Gasteiger partial charge in [0.1, 0.15) is 17.1 Å². The molecule has 104 valence electrons. The Bertz CT molecular complexity index is 456. The molecule has 2 unspecified atom stereocenters. The summed E-state index contributed by atoms with van der Waals surface area (Å²) in [5.41, 5.74) is 0.0108. The van der Waals surface area contributed by atoms with Crippen molar-refractivity contribution in [3.05, 3.63) is 23.8 Å². The van der Waals surface area contributed by atoms with Crippen molar-refractivity contribution < 1.29 is 15.0 Å². The van der Waals surface area contributed by atoms with Gasteiger partial charge in [0.05, 0.1) is 0 Å². The van der Waals surface area contributed by atoms with Crippen molar-refractivity contribution in [1.82, 2.24) is 4.90 Å². The van der Waals surface area contributed by atoms with Gasteiger partial charge in [-0.3, -0.25) is 4.79 Å². The van der Waals surface area contributed by atoms with Crippen molar-refractivity contribution in [2.45, 2.75) is 37.1 Å². The Morgan fingerprint density at radius 2 is 2.11 bits per heavy atom. The number of phenols is 2. The molecule has 1 amide bonds. The van der Waals surface area contributed by atoms with E-state index < -0.39 is 0 Å². The van der Waals surface area contributed by atoms with Gasteiger partial charge < -0.3 is 15.1 Å². The molecule has 2 N–H and O–H groups in total. The maximum absolute atomic E-state index is 12.5. The fourth-order valence-electron chi connectivity index (χ4n) is 2.61. The summed E-state index contributed by atoms with van der Waals surface area (Å²) in [6.45, 7) is 2.73. The number of carbonyl (C=O) groups is 1. The average molecular weight is 328 g/mol. The normalized spacial score (nSPS) is 20.5. The van der Waals surface area contributed by atoms with E-state index in [-0.39, 0.29) is 29.0 Å². The predicted octanol–water partition coefficient (Wildman–Crippen LogP) is 2.88. The highest BCUT2D eigenvalue weighted by Crippen LogP contribution is 2.32. The van der Waals surface area contributed by atoms with Crippen LogP contribution in [-0.2, 0) is 0 Å². The first-order valence-corrected chi connectivity index (χ1v) is 7.38. The number of halogens is 1. The SMILES string of the molecule is CC(Br)CC1CCCN1C(=O)c1c(O)cccc1O. The van der Waals surface area contributed by atoms with Gasteiger partial charge in [-0.1, -0.05) is 28.9 Å². The maximum atomic E-state index is 12.5. The van der Waals surface area contributed by atoms with Crippen LogP contribution in [0.15, 0.2) is 18.2 Å². The van der Waals surface area contributed by atoms with E-state index in [4.69, 9.17) is 0 Å². The van der Waals surface area contributed by atoms with Crippen LogP contribution >= 0.6 is 15.9 Å². The van der Waals surface area contributed by atoms with Crippen LogP contribution in [0.1, 0.15) is 36.5 Å². The standard InChI is InChI=1S/C14H18BrNO3/c1-9(15)8-10-4-3-7-16(10)14(19)13-11(17)5-2-6-12(13)18/h2,5-6,9-10,17-18H,3-4,7-8H2,1H3. The minimum atomic E-state index is -0.286. The molecule has 0 saturated carbocycles. The second-order valence-corrected chi connectivity index (χ2v) is 6.55. The number of hydrogen-bond acceptors (Lipinski definition) is 3. The maximum Gasteiger partial charge on any atom is 0.261 e. The van der Waals surface area contributed by atoms with Crippen molar-refractivity contribution in [3.63, 3.8) is 0 Å². The molecule has 4 nitrogen and oxygen atoms in total. The Morgan fingerprint density at radius 1 is 1.47 bits per heavy atom. The van der Waals surface area contributed by atoms with Crippen molar-refractivity contribution in [3.8, 4) is 11.5 Å². The van der Waals surface area contributed by atoms with E-state index in [9.17, 15) is 15.0 Å². The van der Waals surface area contributed by atoms with Crippen molar-refractivity contribution in [1.29, 1.82) is 0 Å². The molecule has 0 spiro atoms. The number of carbonyl (C=O) groups excluding carboxylic acids is 1. The molecule has 0 aliphatic carbocycles. The van der Waals surface area contributed by atoms with E-state index in [1.165, 1.54) is 18.2 Å². The van der Waals surface area contributed by atoms with Gasteiger partial charge in [0.2, 0.25) is 0 Å². The van der Waals surface area contributed by atoms with Crippen molar-refractivity contribution >= 4 is 21.8 Å². The molecule has 5 heteroatoms. The molecule has 1 fully saturated rings. The fraction of sp³-hybridized carbons (Fsp3) is 0.500. The second-order valence-electron chi connectivity index (χ2n) is 4.98. The molecule has 2 rings (SSSR count). The first kappa shape index (κ1) is 14.2. The molecule has 1 aromatic rings. The summed E-state index contributed by atoms with van der Waals surface area (Å²) in [7, 11) is 0. The molecule has 0 bridgehead atoms. The zero-order chi connectivity index (χ0) is 14.0. The highest BCUT2D eigenvalue weighted by molar-refractivity contribution is 9.09. The van der Waals surface area contributed by atoms with Crippen LogP contribution < -0.4 is 0 Å². The lowest BCUT2D eigenvalue weighted by Crippen LogP contribution is -2.36. The number of aromatic hydroxyl groups is 2. The largest absolute Gasteiger partial charge is 0.507 e. The second kappa shape index (κ2) is 5.82. The highest BCUT2D eigenvalue weighted by Gasteiger charge is 2.32. The molecule has 0 radical (unpaired) electrons. The van der Waals surface area contributed by atoms with Crippen LogP contribution in [0.3, 0.4) is 0 Å². The van der Waals surface area contributed by atoms with E-state index in [2.05, 4.69) is 22.9 Å². The Hall–Kier alpha value is -1.23. The Balaban J connectivity index is 2.23. The van der Waals surface area contributed by atoms with Gasteiger partial charge in [0, 0.05) is 17.4 Å². The smallest absolute Gasteiger partial charge is 0.261 e. The van der Waals surface area contributed by atoms with E-state index in [0.717, 1.165) is 19.3 Å². The van der Waals surface area contributed by atoms with Gasteiger partial charge in [-0.05, 0) is 31.4 Å². The lowest BCUT2D eigenvalue weighted by Gasteiger charge is -2.26. The summed E-state index contributed by atoms with van der Waals surface area (Å²) in [6, 6.07) is 4.53. The molecular formula is C14H18BrNO3. The number of nitrogens with zero attached hydrogens (tertiary/aromatic N) is 1. The lowest BCUT2D eigenvalue weighted by atomic mass is 10.1. The number of rotatable bonds is 3. The van der Waals surface area contributed by atoms with Crippen molar-refractivity contribution in [2.75, 3.05) is 6.54 Å². The van der Waals surface area contributed by atoms with Crippen molar-refractivity contribution in [2.24, 2.45) is 0 Å². The number of benzene rings is 1. The number of likely N-dealkylation sites (tertiary alicyclic amines) is 1. The summed E-state index contributed by atoms with van der Waals surface area (Å²) in [5.74, 6) is -0.615. The Kier molecular flexibility index (Phi) is 4.34. The summed E-state index contributed by atoms with van der Waals surface area (Å²) >= 11 is 3.51. The van der Waals surface area contributed by atoms with Crippen LogP contribution in [0.25, 0.3) is 0 Å². The first-order chi connectivity index (χ1) is 9.00. The molecule has 1 aliphatic rings. The van der Waals surface area contributed by atoms with E-state index in [1.54, 1.807) is 4.90 Å². The molecular weight excluding hydrogens is 310 g/mol. The molecule has 1 saturated heterocycles. The monoisotopic (exact) mass is 327 g/mol. The predicted molar refractivity (Wildman–Crippen MR) is 76.8 cm³/mol. The van der Waals surface area contributed by atoms with Crippen LogP contribution in [0.4, 0.5) is 0 Å². The third kappa shape index (κ3) is 3.03. The summed E-state index contributed by atoms with van der Waals surface area (Å²) in [4.78, 5) is 14.6. The van der Waals surface area contributed by atoms with E-state index in [1.807, 2.05) is 0 Å². The molecule has 1 aromatic carbocycles. The van der Waals surface area contributed by atoms with Crippen LogP contribution in [0.2, 0.25) is 0 Å². The number of phenolic OH excluding ortho intramolecular Hbond substituents is 2. The van der Waals surface area contributed by atoms with Crippen LogP contribution in [0.5, 0.6) is 11.5 Å². The van der Waals surface area contributed by atoms with Gasteiger partial charge in [0.15, 0.2) is 0 Å². The molecule has 1 heterocycles. The first-order valence-electron chi connectivity index (χ1n) is 6.46. The molecule has 1 aliphatic heterocycles. The van der Waals surface area contributed by atoms with Gasteiger partial charge in [0.25, 0.3) is 5.91 Å². The minimum Gasteiger partial charge on any atom is -0.507 e. The van der Waals surface area contributed by atoms with Gasteiger partial charge >= 0.3 is 0 Å². The molecule has 0 aromatic heterocycles. The number of hydrogen-bond donors (Lipinski definition) is 2. The topological polar surface area (TPSA) is 60.8 Å². The molecule has 2 atom stereocenters. The minimum absolute atomic E-state index is 0.0108. The lowest BCUT2D eigenvalue weighted by molar-refractivity contribution is 0.0725. The highest BCUT2D eigenvalue weighted by atomic mass is 79.9. The van der Waals surface area contributed by atoms with E-state index >= 15 is 0 Å². The number of amides is 1. The quantitative estimate of drug-likeness (QED) is 0.839. The molecule has 19 heavy (non-hydrogen) atoms. The summed E-state index contributed by atoms with van der Waals surface area (Å²) in [5, 5.41) is 19.5. The van der Waals surface area contributed by atoms with Gasteiger partial charge in [-0.15, -0.1) is 0 Å². The average Bonchev–Trinajstić information content (AvgIpc) is 2.75. The summed E-state index contributed by atoms with van der Waals surface area (Å²) in [6.07, 6.45) is 2.81. The zero-order valence-electron chi connectivity index (χ0n) is 10.8. The van der Waals surface area contributed by atoms with Crippen LogP contribution in [-0.4, -0.2) is 38.4 Å².